The molecule has 0 aliphatic heterocycles. The number of carbonyl (C=O) groups excluding carboxylic acids is 1. The smallest absolute Gasteiger partial charge is 0.281 e. The highest BCUT2D eigenvalue weighted by atomic mass is 79.9. The van der Waals surface area contributed by atoms with Crippen LogP contribution >= 0.6 is 66.4 Å². The molecule has 1 aromatic heterocycles. The van der Waals surface area contributed by atoms with E-state index in [9.17, 15) is 14.9 Å². The van der Waals surface area contributed by atoms with E-state index in [1.807, 2.05) is 0 Å². The van der Waals surface area contributed by atoms with Crippen LogP contribution < -0.4 is 10.2 Å². The van der Waals surface area contributed by atoms with E-state index in [2.05, 4.69) is 42.4 Å². The zero-order chi connectivity index (χ0) is 25.1. The molecular formula is C23H13Br2Cl2N3O4S. The molecule has 35 heavy (non-hydrogen) atoms. The number of ether oxygens (including phenoxy) is 1. The van der Waals surface area contributed by atoms with Crippen molar-refractivity contribution in [1.82, 2.24) is 5.43 Å². The molecule has 0 bridgehead atoms. The second-order valence-corrected chi connectivity index (χ2v) is 10.8. The fourth-order valence-electron chi connectivity index (χ4n) is 3.06. The molecule has 0 fully saturated rings. The van der Waals surface area contributed by atoms with Crippen molar-refractivity contribution in [3.8, 4) is 5.75 Å². The summed E-state index contributed by atoms with van der Waals surface area (Å²) in [5.74, 6) is 0.166. The fourth-order valence-corrected chi connectivity index (χ4v) is 5.90. The zero-order valence-corrected chi connectivity index (χ0v) is 22.9. The first-order chi connectivity index (χ1) is 16.7. The number of thiophene rings is 1. The lowest BCUT2D eigenvalue weighted by molar-refractivity contribution is -0.384. The van der Waals surface area contributed by atoms with Crippen LogP contribution in [-0.2, 0) is 6.61 Å². The largest absolute Gasteiger partial charge is 0.486 e. The van der Waals surface area contributed by atoms with Gasteiger partial charge >= 0.3 is 0 Å². The zero-order valence-electron chi connectivity index (χ0n) is 17.4. The minimum atomic E-state index is -0.472. The Balaban J connectivity index is 1.42. The van der Waals surface area contributed by atoms with Gasteiger partial charge in [0.2, 0.25) is 0 Å². The van der Waals surface area contributed by atoms with Gasteiger partial charge in [-0.3, -0.25) is 14.9 Å². The standard InChI is InChI=1S/C23H13Br2Cl2N3O4S/c24-17-5-12(6-18(25)22(17)34-11-13-1-2-15(26)9-19(13)27)10-28-29-23(31)21-8-14-7-16(30(32)33)3-4-20(14)35-21/h1-10H,11H2,(H,29,31)/b28-10-. The highest BCUT2D eigenvalue weighted by Crippen LogP contribution is 2.35. The molecule has 0 atom stereocenters. The molecule has 4 rings (SSSR count). The van der Waals surface area contributed by atoms with Crippen molar-refractivity contribution >= 4 is 94.3 Å². The fraction of sp³-hybridized carbons (Fsp3) is 0.0435. The summed E-state index contributed by atoms with van der Waals surface area (Å²) in [5, 5.41) is 16.7. The molecule has 4 aromatic rings. The van der Waals surface area contributed by atoms with Gasteiger partial charge in [0.1, 0.15) is 12.4 Å². The number of fused-ring (bicyclic) bond motifs is 1. The van der Waals surface area contributed by atoms with Crippen LogP contribution in [0.5, 0.6) is 5.75 Å². The number of rotatable bonds is 7. The van der Waals surface area contributed by atoms with Gasteiger partial charge in [0, 0.05) is 37.8 Å². The number of hydrogen-bond donors (Lipinski definition) is 1. The summed E-state index contributed by atoms with van der Waals surface area (Å²) in [5.41, 5.74) is 3.94. The quantitative estimate of drug-likeness (QED) is 0.124. The van der Waals surface area contributed by atoms with Crippen LogP contribution in [0.3, 0.4) is 0 Å². The Kier molecular flexibility index (Phi) is 8.08. The lowest BCUT2D eigenvalue weighted by atomic mass is 10.2. The van der Waals surface area contributed by atoms with Crippen molar-refractivity contribution in [1.29, 1.82) is 0 Å². The first-order valence-electron chi connectivity index (χ1n) is 9.78. The Morgan fingerprint density at radius 2 is 1.86 bits per heavy atom. The summed E-state index contributed by atoms with van der Waals surface area (Å²) in [6.07, 6.45) is 1.49. The summed E-state index contributed by atoms with van der Waals surface area (Å²) in [4.78, 5) is 23.3. The maximum atomic E-state index is 12.5. The van der Waals surface area contributed by atoms with Gasteiger partial charge in [-0.15, -0.1) is 11.3 Å². The van der Waals surface area contributed by atoms with E-state index in [1.54, 1.807) is 42.5 Å². The van der Waals surface area contributed by atoms with E-state index in [0.29, 0.717) is 40.6 Å². The van der Waals surface area contributed by atoms with Crippen molar-refractivity contribution in [2.24, 2.45) is 5.10 Å². The Labute approximate surface area is 230 Å². The van der Waals surface area contributed by atoms with E-state index in [1.165, 1.54) is 29.7 Å². The molecule has 0 saturated carbocycles. The number of benzene rings is 3. The lowest BCUT2D eigenvalue weighted by Crippen LogP contribution is -2.16. The number of carbonyl (C=O) groups is 1. The number of halogens is 4. The number of hydrogen-bond acceptors (Lipinski definition) is 6. The Morgan fingerprint density at radius 1 is 1.11 bits per heavy atom. The minimum Gasteiger partial charge on any atom is -0.486 e. The Morgan fingerprint density at radius 3 is 2.54 bits per heavy atom. The molecule has 3 aromatic carbocycles. The SMILES string of the molecule is O=C(N/N=C\c1cc(Br)c(OCc2ccc(Cl)cc2Cl)c(Br)c1)c1cc2cc([N+](=O)[O-])ccc2s1. The summed E-state index contributed by atoms with van der Waals surface area (Å²) in [6, 6.07) is 14.8. The molecule has 178 valence electrons. The van der Waals surface area contributed by atoms with E-state index in [4.69, 9.17) is 27.9 Å². The topological polar surface area (TPSA) is 93.8 Å². The van der Waals surface area contributed by atoms with Gasteiger partial charge in [-0.2, -0.15) is 5.10 Å². The average molecular weight is 658 g/mol. The monoisotopic (exact) mass is 655 g/mol. The molecule has 0 spiro atoms. The van der Waals surface area contributed by atoms with Crippen molar-refractivity contribution in [3.63, 3.8) is 0 Å². The molecular weight excluding hydrogens is 645 g/mol. The van der Waals surface area contributed by atoms with Gasteiger partial charge in [0.15, 0.2) is 0 Å². The van der Waals surface area contributed by atoms with E-state index >= 15 is 0 Å². The molecule has 0 radical (unpaired) electrons. The van der Waals surface area contributed by atoms with Crippen molar-refractivity contribution in [2.75, 3.05) is 0 Å². The summed E-state index contributed by atoms with van der Waals surface area (Å²) < 4.78 is 8.03. The number of non-ortho nitro benzene ring substituents is 1. The second kappa shape index (κ2) is 11.0. The molecule has 1 N–H and O–H groups in total. The predicted octanol–water partition coefficient (Wildman–Crippen LogP) is 7.98. The molecule has 0 aliphatic rings. The van der Waals surface area contributed by atoms with Crippen LogP contribution in [0.1, 0.15) is 20.8 Å². The highest BCUT2D eigenvalue weighted by molar-refractivity contribution is 9.11. The minimum absolute atomic E-state index is 0.0277. The van der Waals surface area contributed by atoms with Crippen LogP contribution in [-0.4, -0.2) is 17.0 Å². The number of nitro groups is 1. The van der Waals surface area contributed by atoms with Gasteiger partial charge in [-0.1, -0.05) is 29.3 Å². The maximum Gasteiger partial charge on any atom is 0.281 e. The van der Waals surface area contributed by atoms with E-state index in [-0.39, 0.29) is 12.3 Å². The van der Waals surface area contributed by atoms with Gasteiger partial charge in [-0.25, -0.2) is 5.43 Å². The van der Waals surface area contributed by atoms with Crippen LogP contribution in [0.15, 0.2) is 68.6 Å². The average Bonchev–Trinajstić information content (AvgIpc) is 3.23. The second-order valence-electron chi connectivity index (χ2n) is 7.13. The van der Waals surface area contributed by atoms with Crippen molar-refractivity contribution in [2.45, 2.75) is 6.61 Å². The number of amides is 1. The van der Waals surface area contributed by atoms with Crippen LogP contribution in [0, 0.1) is 10.1 Å². The molecule has 7 nitrogen and oxygen atoms in total. The van der Waals surface area contributed by atoms with Gasteiger partial charge < -0.3 is 4.74 Å². The summed E-state index contributed by atoms with van der Waals surface area (Å²) in [6.45, 7) is 0.245. The first kappa shape index (κ1) is 25.6. The number of nitrogens with zero attached hydrogens (tertiary/aromatic N) is 2. The molecule has 0 unspecified atom stereocenters. The normalized spacial score (nSPS) is 11.2. The Bertz CT molecular complexity index is 1470. The van der Waals surface area contributed by atoms with Crippen molar-refractivity contribution < 1.29 is 14.5 Å². The van der Waals surface area contributed by atoms with Gasteiger partial charge in [0.25, 0.3) is 11.6 Å². The molecule has 0 aliphatic carbocycles. The number of nitro benzene ring substituents is 1. The Hall–Kier alpha value is -2.50. The predicted molar refractivity (Wildman–Crippen MR) is 146 cm³/mol. The maximum absolute atomic E-state index is 12.5. The van der Waals surface area contributed by atoms with Gasteiger partial charge in [0.05, 0.1) is 25.0 Å². The number of nitrogens with one attached hydrogen (secondary N) is 1. The van der Waals surface area contributed by atoms with Crippen LogP contribution in [0.4, 0.5) is 5.69 Å². The van der Waals surface area contributed by atoms with E-state index in [0.717, 1.165) is 10.3 Å². The highest BCUT2D eigenvalue weighted by Gasteiger charge is 2.14. The van der Waals surface area contributed by atoms with Gasteiger partial charge in [-0.05, 0) is 73.8 Å². The van der Waals surface area contributed by atoms with Crippen LogP contribution in [0.2, 0.25) is 10.0 Å². The van der Waals surface area contributed by atoms with E-state index < -0.39 is 10.8 Å². The molecule has 1 heterocycles. The molecule has 0 saturated heterocycles. The third kappa shape index (κ3) is 6.20. The summed E-state index contributed by atoms with van der Waals surface area (Å²) >= 11 is 20.3. The third-order valence-electron chi connectivity index (χ3n) is 4.72. The number of hydrazone groups is 1. The summed E-state index contributed by atoms with van der Waals surface area (Å²) in [7, 11) is 0. The third-order valence-corrected chi connectivity index (χ3v) is 7.60. The first-order valence-corrected chi connectivity index (χ1v) is 12.9. The molecule has 12 heteroatoms. The molecule has 1 amide bonds. The van der Waals surface area contributed by atoms with Crippen LogP contribution in [0.25, 0.3) is 10.1 Å². The van der Waals surface area contributed by atoms with Crippen molar-refractivity contribution in [3.05, 3.63) is 99.7 Å². The lowest BCUT2D eigenvalue weighted by Gasteiger charge is -2.12.